The van der Waals surface area contributed by atoms with Crippen molar-refractivity contribution < 1.29 is 4.79 Å². The van der Waals surface area contributed by atoms with Crippen LogP contribution in [0.5, 0.6) is 0 Å². The van der Waals surface area contributed by atoms with Crippen LogP contribution in [0, 0.1) is 11.8 Å². The van der Waals surface area contributed by atoms with Crippen LogP contribution in [0.25, 0.3) is 0 Å². The van der Waals surface area contributed by atoms with Crippen LogP contribution in [0.3, 0.4) is 0 Å². The summed E-state index contributed by atoms with van der Waals surface area (Å²) < 4.78 is 1.01. The molecule has 0 aromatic heterocycles. The molecule has 2 bridgehead atoms. The Balaban J connectivity index is 0.00000208. The molecular weight excluding hydrogens is 388 g/mol. The second kappa shape index (κ2) is 7.76. The lowest BCUT2D eigenvalue weighted by molar-refractivity contribution is -0.128. The summed E-state index contributed by atoms with van der Waals surface area (Å²) >= 11 is 3.50. The number of hydrogen-bond acceptors (Lipinski definition) is 2. The van der Waals surface area contributed by atoms with E-state index < -0.39 is 5.41 Å². The summed E-state index contributed by atoms with van der Waals surface area (Å²) in [5.74, 6) is 1.24. The Morgan fingerprint density at radius 2 is 1.88 bits per heavy atom. The number of amides is 1. The lowest BCUT2D eigenvalue weighted by atomic mass is 9.66. The van der Waals surface area contributed by atoms with Gasteiger partial charge in [0.1, 0.15) is 0 Å². The van der Waals surface area contributed by atoms with Gasteiger partial charge in [-0.1, -0.05) is 34.5 Å². The van der Waals surface area contributed by atoms with Gasteiger partial charge in [0.2, 0.25) is 5.91 Å². The van der Waals surface area contributed by atoms with Crippen LogP contribution < -0.4 is 11.1 Å². The van der Waals surface area contributed by atoms with Crippen LogP contribution in [-0.4, -0.2) is 18.0 Å². The third-order valence-corrected chi connectivity index (χ3v) is 6.28. The molecule has 24 heavy (non-hydrogen) atoms. The average Bonchev–Trinajstić information content (AvgIpc) is 2.48. The van der Waals surface area contributed by atoms with Gasteiger partial charge in [0.05, 0.1) is 5.41 Å². The van der Waals surface area contributed by atoms with Crippen LogP contribution >= 0.6 is 28.3 Å². The van der Waals surface area contributed by atoms with Crippen molar-refractivity contribution in [1.29, 1.82) is 0 Å². The van der Waals surface area contributed by atoms with Gasteiger partial charge in [-0.05, 0) is 69.1 Å². The minimum Gasteiger partial charge on any atom is -0.352 e. The van der Waals surface area contributed by atoms with E-state index in [1.165, 1.54) is 19.3 Å². The zero-order chi connectivity index (χ0) is 16.6. The highest BCUT2D eigenvalue weighted by atomic mass is 79.9. The van der Waals surface area contributed by atoms with Crippen molar-refractivity contribution in [2.75, 3.05) is 0 Å². The Kier molecular flexibility index (Phi) is 6.38. The first-order valence-electron chi connectivity index (χ1n) is 8.70. The van der Waals surface area contributed by atoms with E-state index in [-0.39, 0.29) is 18.3 Å². The van der Waals surface area contributed by atoms with Gasteiger partial charge in [0.15, 0.2) is 0 Å². The molecule has 0 spiro atoms. The zero-order valence-corrected chi connectivity index (χ0v) is 16.8. The molecular formula is C19H28BrClN2O. The fraction of sp³-hybridized carbons (Fsp3) is 0.632. The third kappa shape index (κ3) is 3.97. The van der Waals surface area contributed by atoms with Crippen molar-refractivity contribution in [1.82, 2.24) is 5.32 Å². The predicted octanol–water partition coefficient (Wildman–Crippen LogP) is 4.17. The number of nitrogens with two attached hydrogens (primary N) is 1. The maximum Gasteiger partial charge on any atom is 0.230 e. The molecule has 2 atom stereocenters. The summed E-state index contributed by atoms with van der Waals surface area (Å²) in [6, 6.07) is 8.67. The second-order valence-corrected chi connectivity index (χ2v) is 8.73. The molecule has 2 aliphatic rings. The van der Waals surface area contributed by atoms with Crippen molar-refractivity contribution in [2.24, 2.45) is 17.6 Å². The Hall–Kier alpha value is -0.580. The number of hydrogen-bond donors (Lipinski definition) is 2. The van der Waals surface area contributed by atoms with Gasteiger partial charge in [-0.2, -0.15) is 0 Å². The molecule has 3 N–H and O–H groups in total. The molecule has 2 aliphatic carbocycles. The van der Waals surface area contributed by atoms with E-state index in [4.69, 9.17) is 5.73 Å². The molecule has 0 heterocycles. The van der Waals surface area contributed by atoms with Crippen LogP contribution in [0.1, 0.15) is 51.5 Å². The normalized spacial score (nSPS) is 29.5. The highest BCUT2D eigenvalue weighted by Gasteiger charge is 2.42. The van der Waals surface area contributed by atoms with Crippen molar-refractivity contribution in [3.05, 3.63) is 34.3 Å². The summed E-state index contributed by atoms with van der Waals surface area (Å²) in [6.07, 6.45) is 5.79. The largest absolute Gasteiger partial charge is 0.352 e. The summed E-state index contributed by atoms with van der Waals surface area (Å²) in [4.78, 5) is 13.0. The Bertz CT molecular complexity index is 578. The van der Waals surface area contributed by atoms with Crippen molar-refractivity contribution >= 4 is 34.2 Å². The van der Waals surface area contributed by atoms with Gasteiger partial charge in [0, 0.05) is 16.6 Å². The number of benzene rings is 1. The average molecular weight is 416 g/mol. The summed E-state index contributed by atoms with van der Waals surface area (Å²) in [5.41, 5.74) is 6.71. The van der Waals surface area contributed by atoms with Crippen molar-refractivity contribution in [3.63, 3.8) is 0 Å². The van der Waals surface area contributed by atoms with E-state index >= 15 is 0 Å². The highest BCUT2D eigenvalue weighted by molar-refractivity contribution is 9.10. The summed E-state index contributed by atoms with van der Waals surface area (Å²) in [5, 5.41) is 3.39. The van der Waals surface area contributed by atoms with Crippen LogP contribution in [-0.2, 0) is 10.2 Å². The van der Waals surface area contributed by atoms with Gasteiger partial charge >= 0.3 is 0 Å². The van der Waals surface area contributed by atoms with E-state index in [1.54, 1.807) is 0 Å². The van der Waals surface area contributed by atoms with Crippen molar-refractivity contribution in [3.8, 4) is 0 Å². The molecule has 2 saturated carbocycles. The standard InChI is InChI=1S/C19H27BrN2O.ClH/c1-19(2,14-7-4-8-15(20)11-14)18(23)22-17-12-5-3-6-13(17)10-16(21)9-12;/h4,7-8,11-13,16-17H,3,5-6,9-10,21H2,1-2H3,(H,22,23);1H. The fourth-order valence-corrected chi connectivity index (χ4v) is 4.76. The lowest BCUT2D eigenvalue weighted by Crippen LogP contribution is -2.56. The fourth-order valence-electron chi connectivity index (χ4n) is 4.36. The molecule has 1 aromatic rings. The Labute approximate surface area is 159 Å². The molecule has 0 saturated heterocycles. The zero-order valence-electron chi connectivity index (χ0n) is 14.4. The van der Waals surface area contributed by atoms with Gasteiger partial charge in [-0.15, -0.1) is 12.4 Å². The maximum atomic E-state index is 13.0. The molecule has 0 radical (unpaired) electrons. The van der Waals surface area contributed by atoms with E-state index in [1.807, 2.05) is 38.1 Å². The SMILES string of the molecule is CC(C)(C(=O)NC1C2CCCC1CC(N)C2)c1cccc(Br)c1.Cl. The van der Waals surface area contributed by atoms with E-state index in [0.29, 0.717) is 23.9 Å². The lowest BCUT2D eigenvalue weighted by Gasteiger charge is -2.46. The first kappa shape index (κ1) is 19.7. The Morgan fingerprint density at radius 3 is 2.46 bits per heavy atom. The number of carbonyl (C=O) groups excluding carboxylic acids is 1. The van der Waals surface area contributed by atoms with Crippen molar-refractivity contribution in [2.45, 2.75) is 63.5 Å². The third-order valence-electron chi connectivity index (χ3n) is 5.79. The van der Waals surface area contributed by atoms with Crippen LogP contribution in [0.4, 0.5) is 0 Å². The first-order chi connectivity index (χ1) is 10.9. The number of fused-ring (bicyclic) bond motifs is 2. The molecule has 134 valence electrons. The van der Waals surface area contributed by atoms with Gasteiger partial charge < -0.3 is 11.1 Å². The molecule has 2 fully saturated rings. The highest BCUT2D eigenvalue weighted by Crippen LogP contribution is 2.40. The van der Waals surface area contributed by atoms with Gasteiger partial charge in [-0.3, -0.25) is 4.79 Å². The molecule has 1 aromatic carbocycles. The minimum atomic E-state index is -0.530. The minimum absolute atomic E-state index is 0. The van der Waals surface area contributed by atoms with Gasteiger partial charge in [-0.25, -0.2) is 0 Å². The van der Waals surface area contributed by atoms with E-state index in [2.05, 4.69) is 21.2 Å². The number of rotatable bonds is 3. The molecule has 3 nitrogen and oxygen atoms in total. The smallest absolute Gasteiger partial charge is 0.230 e. The van der Waals surface area contributed by atoms with Gasteiger partial charge in [0.25, 0.3) is 0 Å². The van der Waals surface area contributed by atoms with Crippen LogP contribution in [0.2, 0.25) is 0 Å². The van der Waals surface area contributed by atoms with E-state index in [0.717, 1.165) is 22.9 Å². The summed E-state index contributed by atoms with van der Waals surface area (Å²) in [6.45, 7) is 4.02. The monoisotopic (exact) mass is 414 g/mol. The van der Waals surface area contributed by atoms with Crippen LogP contribution in [0.15, 0.2) is 28.7 Å². The number of halogens is 2. The molecule has 1 amide bonds. The maximum absolute atomic E-state index is 13.0. The summed E-state index contributed by atoms with van der Waals surface area (Å²) in [7, 11) is 0. The molecule has 2 unspecified atom stereocenters. The predicted molar refractivity (Wildman–Crippen MR) is 104 cm³/mol. The van der Waals surface area contributed by atoms with E-state index in [9.17, 15) is 4.79 Å². The number of nitrogens with one attached hydrogen (secondary N) is 1. The topological polar surface area (TPSA) is 55.1 Å². The first-order valence-corrected chi connectivity index (χ1v) is 9.50. The number of carbonyl (C=O) groups is 1. The second-order valence-electron chi connectivity index (χ2n) is 7.82. The molecule has 0 aliphatic heterocycles. The Morgan fingerprint density at radius 1 is 1.25 bits per heavy atom. The molecule has 3 rings (SSSR count). The quantitative estimate of drug-likeness (QED) is 0.778. The molecule has 5 heteroatoms.